The maximum Gasteiger partial charge on any atom is 0.149 e. The number of aliphatic hydroxyl groups excluding tert-OH is 1. The number of pyridine rings is 1. The lowest BCUT2D eigenvalue weighted by molar-refractivity contribution is 0.0671. The quantitative estimate of drug-likeness (QED) is 0.379. The number of rotatable bonds is 11. The van der Waals surface area contributed by atoms with Gasteiger partial charge in [-0.3, -0.25) is 4.98 Å². The van der Waals surface area contributed by atoms with Gasteiger partial charge < -0.3 is 19.6 Å². The van der Waals surface area contributed by atoms with E-state index in [1.807, 2.05) is 41.7 Å². The van der Waals surface area contributed by atoms with Gasteiger partial charge in [0.2, 0.25) is 0 Å². The molecule has 0 saturated carbocycles. The Hall–Kier alpha value is -1.71. The zero-order valence-electron chi connectivity index (χ0n) is 20.4. The Bertz CT molecular complexity index is 1030. The van der Waals surface area contributed by atoms with E-state index in [-0.39, 0.29) is 6.61 Å². The zero-order valence-corrected chi connectivity index (χ0v) is 22.0. The summed E-state index contributed by atoms with van der Waals surface area (Å²) < 4.78 is 6.63. The molecule has 0 bridgehead atoms. The highest BCUT2D eigenvalue weighted by Crippen LogP contribution is 2.35. The fraction of sp³-hybridized carbons (Fsp3) is 0.538. The van der Waals surface area contributed by atoms with E-state index in [4.69, 9.17) is 4.74 Å². The van der Waals surface area contributed by atoms with Gasteiger partial charge in [-0.2, -0.15) is 0 Å². The van der Waals surface area contributed by atoms with Gasteiger partial charge in [0.1, 0.15) is 10.1 Å². The minimum atomic E-state index is 0.267. The number of hydrogen-bond acceptors (Lipinski definition) is 8. The van der Waals surface area contributed by atoms with Crippen LogP contribution in [-0.4, -0.2) is 78.1 Å². The van der Waals surface area contributed by atoms with E-state index in [9.17, 15) is 5.11 Å². The molecule has 3 heterocycles. The van der Waals surface area contributed by atoms with Crippen LogP contribution in [0.15, 0.2) is 46.4 Å². The molecule has 1 N–H and O–H groups in total. The van der Waals surface area contributed by atoms with Gasteiger partial charge in [-0.1, -0.05) is 11.8 Å². The van der Waals surface area contributed by atoms with Crippen molar-refractivity contribution in [1.29, 1.82) is 0 Å². The number of thioether (sulfide) groups is 1. The largest absolute Gasteiger partial charge is 0.497 e. The van der Waals surface area contributed by atoms with E-state index in [1.165, 1.54) is 5.56 Å². The van der Waals surface area contributed by atoms with E-state index >= 15 is 0 Å². The average Bonchev–Trinajstić information content (AvgIpc) is 3.38. The highest BCUT2D eigenvalue weighted by molar-refractivity contribution is 8.01. The molecule has 1 fully saturated rings. The molecular formula is C26H36N4O2S2. The van der Waals surface area contributed by atoms with Crippen molar-refractivity contribution in [2.45, 2.75) is 29.6 Å². The number of fused-ring (bicyclic) bond motifs is 1. The topological polar surface area (TPSA) is 61.7 Å². The van der Waals surface area contributed by atoms with Crippen molar-refractivity contribution in [1.82, 2.24) is 19.8 Å². The molecular weight excluding hydrogens is 464 g/mol. The first-order valence-electron chi connectivity index (χ1n) is 12.0. The molecule has 0 radical (unpaired) electrons. The van der Waals surface area contributed by atoms with Gasteiger partial charge in [0.15, 0.2) is 0 Å². The van der Waals surface area contributed by atoms with Crippen molar-refractivity contribution >= 4 is 34.0 Å². The van der Waals surface area contributed by atoms with Crippen LogP contribution in [0.5, 0.6) is 5.75 Å². The molecule has 1 unspecified atom stereocenters. The van der Waals surface area contributed by atoms with Crippen LogP contribution in [0.3, 0.4) is 0 Å². The van der Waals surface area contributed by atoms with Gasteiger partial charge in [-0.25, -0.2) is 4.98 Å². The molecule has 1 aliphatic rings. The average molecular weight is 501 g/mol. The highest BCUT2D eigenvalue weighted by Gasteiger charge is 2.30. The van der Waals surface area contributed by atoms with E-state index in [2.05, 4.69) is 46.0 Å². The number of aromatic nitrogens is 2. The third kappa shape index (κ3) is 6.29. The second-order valence-corrected chi connectivity index (χ2v) is 11.5. The summed E-state index contributed by atoms with van der Waals surface area (Å²) in [6.45, 7) is 3.42. The molecule has 6 nitrogen and oxygen atoms in total. The van der Waals surface area contributed by atoms with Crippen LogP contribution in [0.25, 0.3) is 10.9 Å². The summed E-state index contributed by atoms with van der Waals surface area (Å²) in [5.41, 5.74) is 2.30. The van der Waals surface area contributed by atoms with Gasteiger partial charge in [0, 0.05) is 54.7 Å². The summed E-state index contributed by atoms with van der Waals surface area (Å²) in [6, 6.07) is 8.56. The van der Waals surface area contributed by atoms with Crippen LogP contribution in [-0.2, 0) is 0 Å². The van der Waals surface area contributed by atoms with E-state index in [0.29, 0.717) is 17.9 Å². The number of piperidine rings is 1. The summed E-state index contributed by atoms with van der Waals surface area (Å²) in [5.74, 6) is 2.81. The lowest BCUT2D eigenvalue weighted by Gasteiger charge is -2.39. The summed E-state index contributed by atoms with van der Waals surface area (Å²) in [7, 11) is 6.02. The Morgan fingerprint density at radius 1 is 1.24 bits per heavy atom. The Morgan fingerprint density at radius 3 is 2.85 bits per heavy atom. The Morgan fingerprint density at radius 2 is 2.12 bits per heavy atom. The molecule has 1 saturated heterocycles. The number of aliphatic hydroxyl groups is 1. The number of ether oxygens (including phenoxy) is 1. The number of methoxy groups -OCH3 is 1. The van der Waals surface area contributed by atoms with Crippen molar-refractivity contribution in [3.8, 4) is 5.75 Å². The van der Waals surface area contributed by atoms with E-state index < -0.39 is 0 Å². The first-order valence-corrected chi connectivity index (χ1v) is 13.9. The summed E-state index contributed by atoms with van der Waals surface area (Å²) >= 11 is 3.54. The van der Waals surface area contributed by atoms with Crippen molar-refractivity contribution in [2.24, 2.45) is 11.8 Å². The smallest absolute Gasteiger partial charge is 0.149 e. The lowest BCUT2D eigenvalue weighted by atomic mass is 9.81. The van der Waals surface area contributed by atoms with Crippen LogP contribution in [0.2, 0.25) is 0 Å². The van der Waals surface area contributed by atoms with Crippen molar-refractivity contribution in [3.63, 3.8) is 0 Å². The first kappa shape index (κ1) is 25.4. The van der Waals surface area contributed by atoms with Gasteiger partial charge in [0.25, 0.3) is 0 Å². The monoisotopic (exact) mass is 500 g/mol. The molecule has 4 rings (SSSR count). The molecule has 3 atom stereocenters. The van der Waals surface area contributed by atoms with Crippen molar-refractivity contribution in [2.75, 3.05) is 53.2 Å². The third-order valence-electron chi connectivity index (χ3n) is 7.03. The van der Waals surface area contributed by atoms with Crippen LogP contribution < -0.4 is 4.74 Å². The van der Waals surface area contributed by atoms with Crippen LogP contribution in [0.1, 0.15) is 30.9 Å². The van der Waals surface area contributed by atoms with E-state index in [0.717, 1.165) is 65.6 Å². The predicted molar refractivity (Wildman–Crippen MR) is 142 cm³/mol. The lowest BCUT2D eigenvalue weighted by Crippen LogP contribution is -2.43. The van der Waals surface area contributed by atoms with E-state index in [1.54, 1.807) is 18.4 Å². The minimum absolute atomic E-state index is 0.267. The zero-order chi connectivity index (χ0) is 23.9. The molecule has 3 aromatic rings. The molecule has 1 aliphatic heterocycles. The molecule has 0 spiro atoms. The van der Waals surface area contributed by atoms with Gasteiger partial charge in [-0.15, -0.1) is 11.3 Å². The Labute approximate surface area is 211 Å². The normalized spacial score (nSPS) is 20.1. The summed E-state index contributed by atoms with van der Waals surface area (Å²) in [4.78, 5) is 13.8. The third-order valence-corrected chi connectivity index (χ3v) is 8.97. The maximum absolute atomic E-state index is 10.2. The molecule has 1 aromatic carbocycles. The number of hydrogen-bond donors (Lipinski definition) is 1. The molecule has 0 amide bonds. The molecule has 2 aromatic heterocycles. The number of benzene rings is 1. The first-order chi connectivity index (χ1) is 16.6. The molecule has 8 heteroatoms. The highest BCUT2D eigenvalue weighted by atomic mass is 32.2. The summed E-state index contributed by atoms with van der Waals surface area (Å²) in [5, 5.41) is 13.4. The second kappa shape index (κ2) is 12.3. The predicted octanol–water partition coefficient (Wildman–Crippen LogP) is 4.81. The molecule has 184 valence electrons. The number of nitrogens with zero attached hydrogens (tertiary/aromatic N) is 4. The Kier molecular flexibility index (Phi) is 9.19. The van der Waals surface area contributed by atoms with Crippen molar-refractivity contribution in [3.05, 3.63) is 47.6 Å². The molecule has 0 aliphatic carbocycles. The Balaban J connectivity index is 1.37. The maximum atomic E-state index is 10.2. The second-order valence-electron chi connectivity index (χ2n) is 9.28. The van der Waals surface area contributed by atoms with Crippen molar-refractivity contribution < 1.29 is 9.84 Å². The van der Waals surface area contributed by atoms with Crippen LogP contribution in [0, 0.1) is 11.8 Å². The standard InChI is InChI=1S/C26H36N4O2S2/c1-29(2)25(22-8-10-27-24-6-5-21(32-3)16-23(22)24)7-4-19-9-12-30(17-20(19)18-31)13-15-34-26-28-11-14-33-26/h5-6,8,10-11,14,16,19-20,25,31H,4,7,9,12-13,15,17-18H2,1-3H3/t19-,20-,25?/m1/s1. The fourth-order valence-electron chi connectivity index (χ4n) is 5.12. The van der Waals surface area contributed by atoms with Crippen LogP contribution in [0.4, 0.5) is 0 Å². The molecule has 34 heavy (non-hydrogen) atoms. The van der Waals surface area contributed by atoms with Gasteiger partial charge in [-0.05, 0) is 81.6 Å². The summed E-state index contributed by atoms with van der Waals surface area (Å²) in [6.07, 6.45) is 7.11. The minimum Gasteiger partial charge on any atom is -0.497 e. The van der Waals surface area contributed by atoms with Gasteiger partial charge in [0.05, 0.1) is 12.6 Å². The van der Waals surface area contributed by atoms with Gasteiger partial charge >= 0.3 is 0 Å². The fourth-order valence-corrected chi connectivity index (χ4v) is 6.83. The number of thiazole rings is 1. The van der Waals surface area contributed by atoms with Crippen LogP contribution >= 0.6 is 23.1 Å². The SMILES string of the molecule is COc1ccc2nccc(C(CC[C@@H]3CCN(CCSc4nccs4)C[C@@H]3CO)N(C)C)c2c1. The number of likely N-dealkylation sites (tertiary alicyclic amines) is 1.